The summed E-state index contributed by atoms with van der Waals surface area (Å²) in [6.45, 7) is 3.60. The largest absolute Gasteiger partial charge is 0.465 e. The maximum atomic E-state index is 12.3. The highest BCUT2D eigenvalue weighted by Crippen LogP contribution is 2.32. The van der Waals surface area contributed by atoms with Gasteiger partial charge in [-0.25, -0.2) is 8.78 Å². The standard InChI is InChI=1S/C12H20N2O3.C6H4F2/c1-2-17-10(15)9-14-8-7-13-12(11(14)16)5-3-4-6-12;7-5-2-1-3-6(8)4-5/h13H,2-9H2,1H3;1-4H. The topological polar surface area (TPSA) is 58.6 Å². The fraction of sp³-hybridized carbons (Fsp3) is 0.556. The van der Waals surface area contributed by atoms with E-state index in [1.165, 1.54) is 18.2 Å². The van der Waals surface area contributed by atoms with Crippen molar-refractivity contribution in [1.82, 2.24) is 10.2 Å². The normalized spacial score (nSPS) is 18.7. The molecule has 0 aromatic heterocycles. The molecule has 25 heavy (non-hydrogen) atoms. The Labute approximate surface area is 146 Å². The fourth-order valence-electron chi connectivity index (χ4n) is 3.25. The number of halogens is 2. The van der Waals surface area contributed by atoms with Gasteiger partial charge in [-0.1, -0.05) is 18.9 Å². The third-order valence-electron chi connectivity index (χ3n) is 4.41. The molecule has 0 bridgehead atoms. The molecule has 1 aliphatic heterocycles. The fourth-order valence-corrected chi connectivity index (χ4v) is 3.25. The van der Waals surface area contributed by atoms with Crippen LogP contribution in [0.3, 0.4) is 0 Å². The van der Waals surface area contributed by atoms with Crippen molar-refractivity contribution in [2.24, 2.45) is 0 Å². The summed E-state index contributed by atoms with van der Waals surface area (Å²) in [5.41, 5.74) is -0.384. The summed E-state index contributed by atoms with van der Waals surface area (Å²) in [5.74, 6) is -1.31. The maximum absolute atomic E-state index is 12.3. The molecule has 2 fully saturated rings. The van der Waals surface area contributed by atoms with Gasteiger partial charge in [-0.2, -0.15) is 0 Å². The summed E-state index contributed by atoms with van der Waals surface area (Å²) in [5, 5.41) is 3.34. The number of ether oxygens (including phenoxy) is 1. The molecule has 1 aromatic rings. The maximum Gasteiger partial charge on any atom is 0.325 e. The molecule has 1 aromatic carbocycles. The van der Waals surface area contributed by atoms with E-state index in [9.17, 15) is 18.4 Å². The highest BCUT2D eigenvalue weighted by Gasteiger charge is 2.45. The molecule has 1 N–H and O–H groups in total. The van der Waals surface area contributed by atoms with Gasteiger partial charge in [0.15, 0.2) is 0 Å². The average molecular weight is 354 g/mol. The first-order chi connectivity index (χ1) is 12.0. The summed E-state index contributed by atoms with van der Waals surface area (Å²) in [6.07, 6.45) is 3.97. The lowest BCUT2D eigenvalue weighted by Crippen LogP contribution is -2.63. The van der Waals surface area contributed by atoms with Gasteiger partial charge < -0.3 is 15.0 Å². The van der Waals surface area contributed by atoms with Crippen LogP contribution >= 0.6 is 0 Å². The average Bonchev–Trinajstić information content (AvgIpc) is 3.02. The number of piperazine rings is 1. The van der Waals surface area contributed by atoms with Crippen LogP contribution in [-0.4, -0.2) is 48.6 Å². The molecule has 1 amide bonds. The quantitative estimate of drug-likeness (QED) is 0.846. The first-order valence-electron chi connectivity index (χ1n) is 8.58. The molecule has 1 spiro atoms. The van der Waals surface area contributed by atoms with Gasteiger partial charge in [0.25, 0.3) is 0 Å². The molecule has 1 saturated heterocycles. The predicted molar refractivity (Wildman–Crippen MR) is 88.8 cm³/mol. The number of hydrogen-bond donors (Lipinski definition) is 1. The molecule has 1 saturated carbocycles. The Morgan fingerprint density at radius 3 is 2.44 bits per heavy atom. The van der Waals surface area contributed by atoms with Gasteiger partial charge in [0.2, 0.25) is 5.91 Å². The van der Waals surface area contributed by atoms with Gasteiger partial charge in [-0.3, -0.25) is 9.59 Å². The van der Waals surface area contributed by atoms with Crippen molar-refractivity contribution in [1.29, 1.82) is 0 Å². The summed E-state index contributed by atoms with van der Waals surface area (Å²) in [4.78, 5) is 25.4. The molecule has 3 rings (SSSR count). The molecule has 0 atom stereocenters. The molecule has 2 aliphatic rings. The third-order valence-corrected chi connectivity index (χ3v) is 4.41. The molecule has 5 nitrogen and oxygen atoms in total. The number of nitrogens with zero attached hydrogens (tertiary/aromatic N) is 1. The highest BCUT2D eigenvalue weighted by molar-refractivity contribution is 5.90. The first kappa shape index (κ1) is 19.3. The summed E-state index contributed by atoms with van der Waals surface area (Å²) < 4.78 is 28.7. The van der Waals surface area contributed by atoms with Crippen molar-refractivity contribution in [3.8, 4) is 0 Å². The van der Waals surface area contributed by atoms with Crippen LogP contribution in [0.15, 0.2) is 24.3 Å². The Hall–Kier alpha value is -2.02. The number of nitrogens with one attached hydrogen (secondary N) is 1. The van der Waals surface area contributed by atoms with Crippen LogP contribution in [0.25, 0.3) is 0 Å². The van der Waals surface area contributed by atoms with E-state index in [1.807, 2.05) is 0 Å². The van der Waals surface area contributed by atoms with Crippen molar-refractivity contribution in [2.75, 3.05) is 26.2 Å². The Morgan fingerprint density at radius 2 is 1.92 bits per heavy atom. The van der Waals surface area contributed by atoms with Crippen LogP contribution in [0.1, 0.15) is 32.6 Å². The number of esters is 1. The first-order valence-corrected chi connectivity index (χ1v) is 8.58. The number of benzene rings is 1. The second kappa shape index (κ2) is 8.89. The van der Waals surface area contributed by atoms with Crippen LogP contribution in [0.5, 0.6) is 0 Å². The van der Waals surface area contributed by atoms with Crippen molar-refractivity contribution >= 4 is 11.9 Å². The van der Waals surface area contributed by atoms with E-state index >= 15 is 0 Å². The molecule has 7 heteroatoms. The number of carbonyl (C=O) groups is 2. The monoisotopic (exact) mass is 354 g/mol. The van der Waals surface area contributed by atoms with E-state index in [-0.39, 0.29) is 24.0 Å². The molecule has 1 heterocycles. The van der Waals surface area contributed by atoms with E-state index < -0.39 is 11.6 Å². The highest BCUT2D eigenvalue weighted by atomic mass is 19.1. The molecule has 1 aliphatic carbocycles. The van der Waals surface area contributed by atoms with Crippen molar-refractivity contribution in [2.45, 2.75) is 38.1 Å². The smallest absolute Gasteiger partial charge is 0.325 e. The zero-order valence-electron chi connectivity index (χ0n) is 14.4. The molecular weight excluding hydrogens is 330 g/mol. The summed E-state index contributed by atoms with van der Waals surface area (Å²) in [6, 6.07) is 4.55. The molecule has 138 valence electrons. The minimum Gasteiger partial charge on any atom is -0.465 e. The second-order valence-electron chi connectivity index (χ2n) is 6.19. The van der Waals surface area contributed by atoms with Crippen LogP contribution in [0.4, 0.5) is 8.78 Å². The molecule has 0 unspecified atom stereocenters. The minimum absolute atomic E-state index is 0.0781. The van der Waals surface area contributed by atoms with E-state index in [0.29, 0.717) is 13.2 Å². The molecule has 0 radical (unpaired) electrons. The van der Waals surface area contributed by atoms with Gasteiger partial charge in [0.05, 0.1) is 12.1 Å². The SMILES string of the molecule is CCOC(=O)CN1CCNC2(CCCC2)C1=O.Fc1cccc(F)c1. The lowest BCUT2D eigenvalue weighted by molar-refractivity contribution is -0.152. The molecular formula is C18H24F2N2O3. The second-order valence-corrected chi connectivity index (χ2v) is 6.19. The summed E-state index contributed by atoms with van der Waals surface area (Å²) >= 11 is 0. The zero-order valence-corrected chi connectivity index (χ0v) is 14.4. The zero-order chi connectivity index (χ0) is 18.3. The van der Waals surface area contributed by atoms with Crippen LogP contribution in [0, 0.1) is 11.6 Å². The third kappa shape index (κ3) is 5.22. The predicted octanol–water partition coefficient (Wildman–Crippen LogP) is 2.26. The number of amides is 1. The van der Waals surface area contributed by atoms with Crippen LogP contribution in [-0.2, 0) is 14.3 Å². The van der Waals surface area contributed by atoms with Crippen LogP contribution in [0.2, 0.25) is 0 Å². The van der Waals surface area contributed by atoms with Crippen molar-refractivity contribution < 1.29 is 23.1 Å². The van der Waals surface area contributed by atoms with E-state index in [0.717, 1.165) is 38.3 Å². The summed E-state index contributed by atoms with van der Waals surface area (Å²) in [7, 11) is 0. The van der Waals surface area contributed by atoms with Crippen LogP contribution < -0.4 is 5.32 Å². The van der Waals surface area contributed by atoms with E-state index in [4.69, 9.17) is 4.74 Å². The van der Waals surface area contributed by atoms with Gasteiger partial charge in [-0.05, 0) is 31.9 Å². The number of rotatable bonds is 3. The van der Waals surface area contributed by atoms with Gasteiger partial charge in [0, 0.05) is 19.2 Å². The Morgan fingerprint density at radius 1 is 1.28 bits per heavy atom. The Bertz CT molecular complexity index is 586. The lowest BCUT2D eigenvalue weighted by Gasteiger charge is -2.39. The number of hydrogen-bond acceptors (Lipinski definition) is 4. The van der Waals surface area contributed by atoms with Crippen molar-refractivity contribution in [3.63, 3.8) is 0 Å². The number of carbonyl (C=O) groups excluding carboxylic acids is 2. The van der Waals surface area contributed by atoms with E-state index in [1.54, 1.807) is 11.8 Å². The van der Waals surface area contributed by atoms with Crippen molar-refractivity contribution in [3.05, 3.63) is 35.9 Å². The van der Waals surface area contributed by atoms with Gasteiger partial charge in [0.1, 0.15) is 18.2 Å². The minimum atomic E-state index is -0.537. The van der Waals surface area contributed by atoms with Gasteiger partial charge >= 0.3 is 5.97 Å². The van der Waals surface area contributed by atoms with E-state index in [2.05, 4.69) is 5.32 Å². The Balaban J connectivity index is 0.000000236. The van der Waals surface area contributed by atoms with Gasteiger partial charge in [-0.15, -0.1) is 0 Å². The lowest BCUT2D eigenvalue weighted by atomic mass is 9.93. The Kier molecular flexibility index (Phi) is 6.87.